The minimum atomic E-state index is -0.199. The molecule has 0 aliphatic heterocycles. The zero-order valence-corrected chi connectivity index (χ0v) is 12.1. The van der Waals surface area contributed by atoms with Crippen LogP contribution in [-0.4, -0.2) is 33.9 Å². The second-order valence-electron chi connectivity index (χ2n) is 4.27. The van der Waals surface area contributed by atoms with Gasteiger partial charge in [0.1, 0.15) is 12.6 Å². The highest BCUT2D eigenvalue weighted by atomic mass is 32.1. The Balaban J connectivity index is 1.82. The number of aliphatic hydroxyl groups is 1. The van der Waals surface area contributed by atoms with E-state index in [-0.39, 0.29) is 25.6 Å². The van der Waals surface area contributed by atoms with Crippen molar-refractivity contribution >= 4 is 22.9 Å². The van der Waals surface area contributed by atoms with Crippen LogP contribution in [0.15, 0.2) is 23.8 Å². The van der Waals surface area contributed by atoms with E-state index in [1.54, 1.807) is 12.4 Å². The summed E-state index contributed by atoms with van der Waals surface area (Å²) in [6.45, 7) is 0.877. The molecule has 8 heteroatoms. The van der Waals surface area contributed by atoms with Gasteiger partial charge in [-0.3, -0.25) is 9.48 Å². The number of hydrogen-bond donors (Lipinski definition) is 3. The molecule has 21 heavy (non-hydrogen) atoms. The fraction of sp³-hybridized carbons (Fsp3) is 0.308. The molecule has 0 fully saturated rings. The minimum Gasteiger partial charge on any atom is -0.395 e. The Morgan fingerprint density at radius 3 is 3.14 bits per heavy atom. The molecule has 2 rings (SSSR count). The Bertz CT molecular complexity index is 643. The van der Waals surface area contributed by atoms with E-state index < -0.39 is 0 Å². The highest BCUT2D eigenvalue weighted by molar-refractivity contribution is 7.10. The maximum atomic E-state index is 11.5. The van der Waals surface area contributed by atoms with Crippen molar-refractivity contribution < 1.29 is 9.90 Å². The predicted molar refractivity (Wildman–Crippen MR) is 78.7 cm³/mol. The fourth-order valence-corrected chi connectivity index (χ4v) is 2.41. The number of nitriles is 1. The number of aliphatic hydroxyl groups excluding tert-OH is 1. The number of nitrogens with zero attached hydrogens (tertiary/aromatic N) is 3. The topological polar surface area (TPSA) is 103 Å². The standard InChI is InChI=1S/C13H15N5O2S/c14-4-10-3-12(21-9-10)6-16-11-5-17-18(7-11)8-13(20)15-1-2-19/h3,5,7,9,16,19H,1-2,6,8H2,(H,15,20). The fourth-order valence-electron chi connectivity index (χ4n) is 1.66. The van der Waals surface area contributed by atoms with E-state index in [1.807, 2.05) is 11.4 Å². The molecule has 0 spiro atoms. The number of hydrogen-bond acceptors (Lipinski definition) is 6. The smallest absolute Gasteiger partial charge is 0.241 e. The highest BCUT2D eigenvalue weighted by Crippen LogP contribution is 2.15. The van der Waals surface area contributed by atoms with Gasteiger partial charge in [-0.2, -0.15) is 10.4 Å². The number of carbonyl (C=O) groups excluding carboxylic acids is 1. The second-order valence-corrected chi connectivity index (χ2v) is 5.26. The summed E-state index contributed by atoms with van der Waals surface area (Å²) in [5, 5.41) is 29.0. The van der Waals surface area contributed by atoms with E-state index in [1.165, 1.54) is 16.0 Å². The monoisotopic (exact) mass is 305 g/mol. The van der Waals surface area contributed by atoms with Crippen LogP contribution in [0.4, 0.5) is 5.69 Å². The molecule has 0 aromatic carbocycles. The normalized spacial score (nSPS) is 10.1. The SMILES string of the molecule is N#Cc1csc(CNc2cnn(CC(=O)NCCO)c2)c1. The average Bonchev–Trinajstić information content (AvgIpc) is 3.11. The zero-order valence-electron chi connectivity index (χ0n) is 11.2. The molecule has 3 N–H and O–H groups in total. The number of anilines is 1. The van der Waals surface area contributed by atoms with Crippen LogP contribution in [0.5, 0.6) is 0 Å². The summed E-state index contributed by atoms with van der Waals surface area (Å²) in [6, 6.07) is 3.93. The molecule has 110 valence electrons. The average molecular weight is 305 g/mol. The Kier molecular flexibility index (Phi) is 5.31. The molecule has 0 saturated carbocycles. The van der Waals surface area contributed by atoms with Crippen molar-refractivity contribution in [2.75, 3.05) is 18.5 Å². The third-order valence-corrected chi connectivity index (χ3v) is 3.56. The van der Waals surface area contributed by atoms with Gasteiger partial charge < -0.3 is 15.7 Å². The first-order chi connectivity index (χ1) is 10.2. The van der Waals surface area contributed by atoms with E-state index in [4.69, 9.17) is 10.4 Å². The van der Waals surface area contributed by atoms with E-state index in [2.05, 4.69) is 21.8 Å². The lowest BCUT2D eigenvalue weighted by molar-refractivity contribution is -0.122. The van der Waals surface area contributed by atoms with E-state index in [0.29, 0.717) is 12.1 Å². The van der Waals surface area contributed by atoms with Crippen LogP contribution >= 0.6 is 11.3 Å². The van der Waals surface area contributed by atoms with Gasteiger partial charge in [0.2, 0.25) is 5.91 Å². The van der Waals surface area contributed by atoms with Crippen LogP contribution in [0.2, 0.25) is 0 Å². The largest absolute Gasteiger partial charge is 0.395 e. The van der Waals surface area contributed by atoms with Gasteiger partial charge in [0, 0.05) is 29.5 Å². The summed E-state index contributed by atoms with van der Waals surface area (Å²) in [4.78, 5) is 12.5. The lowest BCUT2D eigenvalue weighted by Crippen LogP contribution is -2.30. The van der Waals surface area contributed by atoms with Crippen molar-refractivity contribution in [1.29, 1.82) is 5.26 Å². The van der Waals surface area contributed by atoms with Crippen LogP contribution in [-0.2, 0) is 17.9 Å². The molecule has 0 radical (unpaired) electrons. The number of rotatable bonds is 7. The van der Waals surface area contributed by atoms with Gasteiger partial charge in [0.25, 0.3) is 0 Å². The molecule has 0 unspecified atom stereocenters. The predicted octanol–water partition coefficient (Wildman–Crippen LogP) is 0.537. The molecule has 0 bridgehead atoms. The van der Waals surface area contributed by atoms with Gasteiger partial charge in [0.15, 0.2) is 0 Å². The van der Waals surface area contributed by atoms with Crippen molar-refractivity contribution in [2.45, 2.75) is 13.1 Å². The van der Waals surface area contributed by atoms with Gasteiger partial charge in [-0.25, -0.2) is 0 Å². The Morgan fingerprint density at radius 1 is 1.57 bits per heavy atom. The van der Waals surface area contributed by atoms with Crippen molar-refractivity contribution in [2.24, 2.45) is 0 Å². The molecule has 0 aliphatic carbocycles. The molecule has 2 aromatic rings. The number of aromatic nitrogens is 2. The first kappa shape index (κ1) is 15.0. The van der Waals surface area contributed by atoms with Gasteiger partial charge in [0.05, 0.1) is 24.1 Å². The zero-order chi connectivity index (χ0) is 15.1. The van der Waals surface area contributed by atoms with Gasteiger partial charge in [-0.15, -0.1) is 11.3 Å². The van der Waals surface area contributed by atoms with Crippen LogP contribution in [0.1, 0.15) is 10.4 Å². The maximum Gasteiger partial charge on any atom is 0.241 e. The molecule has 0 saturated heterocycles. The molecule has 2 heterocycles. The molecule has 0 atom stereocenters. The third kappa shape index (κ3) is 4.59. The molecular formula is C13H15N5O2S. The van der Waals surface area contributed by atoms with Crippen LogP contribution < -0.4 is 10.6 Å². The Morgan fingerprint density at radius 2 is 2.43 bits per heavy atom. The summed E-state index contributed by atoms with van der Waals surface area (Å²) in [7, 11) is 0. The van der Waals surface area contributed by atoms with Crippen LogP contribution in [0.3, 0.4) is 0 Å². The quantitative estimate of drug-likeness (QED) is 0.692. The van der Waals surface area contributed by atoms with Crippen molar-refractivity contribution in [3.8, 4) is 6.07 Å². The summed E-state index contributed by atoms with van der Waals surface area (Å²) >= 11 is 1.52. The first-order valence-electron chi connectivity index (χ1n) is 6.32. The van der Waals surface area contributed by atoms with E-state index in [0.717, 1.165) is 10.6 Å². The first-order valence-corrected chi connectivity index (χ1v) is 7.20. The van der Waals surface area contributed by atoms with E-state index >= 15 is 0 Å². The van der Waals surface area contributed by atoms with Crippen molar-refractivity contribution in [3.63, 3.8) is 0 Å². The van der Waals surface area contributed by atoms with E-state index in [9.17, 15) is 4.79 Å². The lowest BCUT2D eigenvalue weighted by Gasteiger charge is -2.03. The van der Waals surface area contributed by atoms with Gasteiger partial charge in [-0.05, 0) is 6.07 Å². The van der Waals surface area contributed by atoms with Crippen LogP contribution in [0, 0.1) is 11.3 Å². The maximum absolute atomic E-state index is 11.5. The molecular weight excluding hydrogens is 290 g/mol. The molecule has 1 amide bonds. The van der Waals surface area contributed by atoms with Gasteiger partial charge in [-0.1, -0.05) is 0 Å². The highest BCUT2D eigenvalue weighted by Gasteiger charge is 2.05. The lowest BCUT2D eigenvalue weighted by atomic mass is 10.3. The summed E-state index contributed by atoms with van der Waals surface area (Å²) in [5.41, 5.74) is 1.46. The summed E-state index contributed by atoms with van der Waals surface area (Å²) in [6.07, 6.45) is 3.37. The molecule has 7 nitrogen and oxygen atoms in total. The van der Waals surface area contributed by atoms with Crippen molar-refractivity contribution in [1.82, 2.24) is 15.1 Å². The second kappa shape index (κ2) is 7.42. The third-order valence-electron chi connectivity index (χ3n) is 2.62. The van der Waals surface area contributed by atoms with Gasteiger partial charge >= 0.3 is 0 Å². The minimum absolute atomic E-state index is 0.0802. The number of amides is 1. The summed E-state index contributed by atoms with van der Waals surface area (Å²) < 4.78 is 1.52. The number of thiophene rings is 1. The van der Waals surface area contributed by atoms with Crippen LogP contribution in [0.25, 0.3) is 0 Å². The molecule has 0 aliphatic rings. The number of carbonyl (C=O) groups is 1. The number of nitrogens with one attached hydrogen (secondary N) is 2. The Hall–Kier alpha value is -2.37. The Labute approximate surface area is 125 Å². The molecule has 2 aromatic heterocycles. The summed E-state index contributed by atoms with van der Waals surface area (Å²) in [5.74, 6) is -0.199. The van der Waals surface area contributed by atoms with Crippen molar-refractivity contribution in [3.05, 3.63) is 34.3 Å².